The van der Waals surface area contributed by atoms with Crippen LogP contribution in [0.2, 0.25) is 13.1 Å². The highest BCUT2D eigenvalue weighted by atomic mass is 28.3. The van der Waals surface area contributed by atoms with E-state index in [1.807, 2.05) is 33.9 Å². The summed E-state index contributed by atoms with van der Waals surface area (Å²) in [4.78, 5) is 55.8. The summed E-state index contributed by atoms with van der Waals surface area (Å²) in [6.45, 7) is 11.8. The molecule has 3 rings (SSSR count). The number of halogens is 3. The van der Waals surface area contributed by atoms with Gasteiger partial charge in [0.1, 0.15) is 18.6 Å². The molecule has 3 atom stereocenters. The Bertz CT molecular complexity index is 1390. The van der Waals surface area contributed by atoms with E-state index >= 15 is 0 Å². The maximum atomic E-state index is 14.5. The Kier molecular flexibility index (Phi) is 10.6. The minimum Gasteiger partial charge on any atom is -0.409 e. The lowest BCUT2D eigenvalue weighted by atomic mass is 9.71. The van der Waals surface area contributed by atoms with Gasteiger partial charge in [0.25, 0.3) is 11.7 Å². The highest BCUT2D eigenvalue weighted by molar-refractivity contribution is 6.48. The minimum absolute atomic E-state index is 0.203. The summed E-state index contributed by atoms with van der Waals surface area (Å²) < 4.78 is 47.1. The quantitative estimate of drug-likeness (QED) is 0.374. The van der Waals surface area contributed by atoms with Gasteiger partial charge >= 0.3 is 6.18 Å². The van der Waals surface area contributed by atoms with Crippen LogP contribution >= 0.6 is 0 Å². The van der Waals surface area contributed by atoms with Crippen molar-refractivity contribution in [1.82, 2.24) is 15.1 Å². The number of hydrogen-bond donors (Lipinski definition) is 1. The van der Waals surface area contributed by atoms with E-state index in [1.165, 1.54) is 18.0 Å². The molecule has 8 nitrogen and oxygen atoms in total. The second-order valence-electron chi connectivity index (χ2n) is 12.2. The Morgan fingerprint density at radius 2 is 1.50 bits per heavy atom. The number of Topliss-reactive ketones (excluding diaryl/α,β-unsaturated/α-hetero) is 1. The van der Waals surface area contributed by atoms with Gasteiger partial charge in [0.05, 0.1) is 11.3 Å². The van der Waals surface area contributed by atoms with Crippen molar-refractivity contribution in [2.75, 3.05) is 6.54 Å². The van der Waals surface area contributed by atoms with Crippen LogP contribution in [0.25, 0.3) is 5.70 Å². The second kappa shape index (κ2) is 13.5. The molecular formula is C32H39F3N3O5Si. The number of nitrogens with one attached hydrogen (secondary N) is 1. The van der Waals surface area contributed by atoms with Crippen molar-refractivity contribution >= 4 is 38.2 Å². The first-order chi connectivity index (χ1) is 20.4. The zero-order valence-corrected chi connectivity index (χ0v) is 27.0. The number of rotatable bonds is 10. The summed E-state index contributed by atoms with van der Waals surface area (Å²) in [6.07, 6.45) is -4.11. The van der Waals surface area contributed by atoms with Gasteiger partial charge in [0.15, 0.2) is 0 Å². The van der Waals surface area contributed by atoms with E-state index in [0.29, 0.717) is 11.1 Å². The fourth-order valence-corrected chi connectivity index (χ4v) is 6.39. The molecule has 0 saturated carbocycles. The maximum absolute atomic E-state index is 14.5. The molecule has 1 aliphatic heterocycles. The van der Waals surface area contributed by atoms with Gasteiger partial charge in [-0.1, -0.05) is 81.4 Å². The van der Waals surface area contributed by atoms with Gasteiger partial charge < -0.3 is 14.6 Å². The van der Waals surface area contributed by atoms with Gasteiger partial charge in [0.2, 0.25) is 20.9 Å². The average Bonchev–Trinajstić information content (AvgIpc) is 2.92. The molecular weight excluding hydrogens is 591 g/mol. The SMILES string of the molecule is CC(=O)N1C=C(c2ccccc2)N(CC(=O)NC(Cc2ccccc2)C(=O)C(F)(F)F)C(=O)C1C(C)(O[Si](C)C)C(C)(C)C. The van der Waals surface area contributed by atoms with Crippen molar-refractivity contribution in [3.8, 4) is 0 Å². The van der Waals surface area contributed by atoms with Crippen molar-refractivity contribution in [3.05, 3.63) is 78.0 Å². The molecule has 1 heterocycles. The van der Waals surface area contributed by atoms with E-state index in [0.717, 1.165) is 4.90 Å². The van der Waals surface area contributed by atoms with Crippen LogP contribution < -0.4 is 5.32 Å². The topological polar surface area (TPSA) is 96.0 Å². The van der Waals surface area contributed by atoms with E-state index in [2.05, 4.69) is 5.32 Å². The zero-order valence-electron chi connectivity index (χ0n) is 26.0. The highest BCUT2D eigenvalue weighted by Gasteiger charge is 2.55. The number of carbonyl (C=O) groups is 4. The first-order valence-corrected chi connectivity index (χ1v) is 16.6. The van der Waals surface area contributed by atoms with E-state index < -0.39 is 74.8 Å². The molecule has 0 bridgehead atoms. The van der Waals surface area contributed by atoms with Gasteiger partial charge in [0, 0.05) is 19.5 Å². The molecule has 1 aliphatic rings. The number of carbonyl (C=O) groups excluding carboxylic acids is 4. The molecule has 44 heavy (non-hydrogen) atoms. The van der Waals surface area contributed by atoms with Crippen LogP contribution in [0.1, 0.15) is 45.7 Å². The van der Waals surface area contributed by atoms with Crippen molar-refractivity contribution in [2.45, 2.75) is 78.0 Å². The predicted octanol–water partition coefficient (Wildman–Crippen LogP) is 4.98. The van der Waals surface area contributed by atoms with Gasteiger partial charge in [-0.05, 0) is 36.6 Å². The lowest BCUT2D eigenvalue weighted by Crippen LogP contribution is -2.67. The molecule has 1 N–H and O–H groups in total. The summed E-state index contributed by atoms with van der Waals surface area (Å²) >= 11 is 0. The number of nitrogens with zero attached hydrogens (tertiary/aromatic N) is 2. The molecule has 1 radical (unpaired) electrons. The molecule has 237 valence electrons. The predicted molar refractivity (Wildman–Crippen MR) is 162 cm³/mol. The van der Waals surface area contributed by atoms with Crippen molar-refractivity contribution in [3.63, 3.8) is 0 Å². The molecule has 0 aliphatic carbocycles. The average molecular weight is 631 g/mol. The standard InChI is InChI=1S/C32H39F3N3O5Si/c1-21(39)37-19-25(23-16-12-9-13-17-23)38(29(42)27(37)31(5,30(2,3)4)43-44(6)7)20-26(40)36-24(28(41)32(33,34)35)18-22-14-10-8-11-15-22/h8-17,19,24,27H,18,20H2,1-7H3,(H,36,40). The number of hydrogen-bond acceptors (Lipinski definition) is 5. The third-order valence-corrected chi connectivity index (χ3v) is 8.54. The van der Waals surface area contributed by atoms with Crippen LogP contribution in [0.3, 0.4) is 0 Å². The zero-order chi connectivity index (χ0) is 33.0. The molecule has 3 unspecified atom stereocenters. The molecule has 2 aromatic rings. The Balaban J connectivity index is 2.09. The van der Waals surface area contributed by atoms with E-state index in [4.69, 9.17) is 4.43 Å². The van der Waals surface area contributed by atoms with Gasteiger partial charge in [-0.15, -0.1) is 0 Å². The van der Waals surface area contributed by atoms with E-state index in [1.54, 1.807) is 67.6 Å². The first-order valence-electron chi connectivity index (χ1n) is 14.2. The molecule has 2 aromatic carbocycles. The van der Waals surface area contributed by atoms with Crippen molar-refractivity contribution in [1.29, 1.82) is 0 Å². The van der Waals surface area contributed by atoms with Gasteiger partial charge in [-0.2, -0.15) is 13.2 Å². The summed E-state index contributed by atoms with van der Waals surface area (Å²) in [5, 5.41) is 2.23. The lowest BCUT2D eigenvalue weighted by molar-refractivity contribution is -0.173. The Morgan fingerprint density at radius 1 is 0.955 bits per heavy atom. The van der Waals surface area contributed by atoms with E-state index in [-0.39, 0.29) is 5.70 Å². The van der Waals surface area contributed by atoms with Crippen LogP contribution in [0.15, 0.2) is 66.9 Å². The van der Waals surface area contributed by atoms with Crippen LogP contribution in [-0.4, -0.2) is 72.8 Å². The van der Waals surface area contributed by atoms with Gasteiger partial charge in [-0.3, -0.25) is 24.1 Å². The van der Waals surface area contributed by atoms with Crippen LogP contribution in [0.4, 0.5) is 13.2 Å². The molecule has 3 amide bonds. The number of benzene rings is 2. The normalized spacial score (nSPS) is 18.0. The molecule has 0 aromatic heterocycles. The molecule has 0 saturated heterocycles. The smallest absolute Gasteiger partial charge is 0.409 e. The summed E-state index contributed by atoms with van der Waals surface area (Å²) in [5.41, 5.74) is -0.771. The third-order valence-electron chi connectivity index (χ3n) is 7.71. The largest absolute Gasteiger partial charge is 0.452 e. The molecule has 0 spiro atoms. The number of alkyl halides is 3. The first kappa shape index (κ1) is 34.7. The van der Waals surface area contributed by atoms with Gasteiger partial charge in [-0.25, -0.2) is 0 Å². The summed E-state index contributed by atoms with van der Waals surface area (Å²) in [6, 6.07) is 13.5. The Labute approximate surface area is 258 Å². The Morgan fingerprint density at radius 3 is 1.98 bits per heavy atom. The fourth-order valence-electron chi connectivity index (χ4n) is 5.12. The van der Waals surface area contributed by atoms with Crippen LogP contribution in [0, 0.1) is 5.41 Å². The fraction of sp³-hybridized carbons (Fsp3) is 0.438. The Hall–Kier alpha value is -3.77. The summed E-state index contributed by atoms with van der Waals surface area (Å²) in [7, 11) is -1.42. The minimum atomic E-state index is -5.19. The van der Waals surface area contributed by atoms with Crippen molar-refractivity contribution in [2.24, 2.45) is 5.41 Å². The second-order valence-corrected chi connectivity index (χ2v) is 14.2. The molecule has 12 heteroatoms. The monoisotopic (exact) mass is 630 g/mol. The summed E-state index contributed by atoms with van der Waals surface area (Å²) in [5.74, 6) is -4.14. The number of ketones is 1. The third kappa shape index (κ3) is 7.84. The van der Waals surface area contributed by atoms with E-state index in [9.17, 15) is 32.3 Å². The lowest BCUT2D eigenvalue weighted by Gasteiger charge is -2.53. The maximum Gasteiger partial charge on any atom is 0.452 e. The van der Waals surface area contributed by atoms with Crippen LogP contribution in [0.5, 0.6) is 0 Å². The number of amides is 3. The molecule has 0 fully saturated rings. The van der Waals surface area contributed by atoms with Crippen LogP contribution in [-0.2, 0) is 30.0 Å². The van der Waals surface area contributed by atoms with Crippen molar-refractivity contribution < 1.29 is 36.8 Å². The highest BCUT2D eigenvalue weighted by Crippen LogP contribution is 2.43.